The lowest BCUT2D eigenvalue weighted by Gasteiger charge is -2.05. The van der Waals surface area contributed by atoms with E-state index >= 15 is 0 Å². The fourth-order valence-electron chi connectivity index (χ4n) is 2.09. The fourth-order valence-corrected chi connectivity index (χ4v) is 2.57. The Morgan fingerprint density at radius 3 is 2.47 bits per heavy atom. The number of pyridine rings is 1. The van der Waals surface area contributed by atoms with Crippen LogP contribution >= 0.6 is 15.9 Å². The molecule has 0 unspecified atom stereocenters. The van der Waals surface area contributed by atoms with Crippen LogP contribution in [-0.2, 0) is 0 Å². The molecule has 2 heteroatoms. The number of hydrogen-bond acceptors (Lipinski definition) is 1. The molecule has 2 aromatic carbocycles. The third kappa shape index (κ3) is 2.59. The molecule has 0 N–H and O–H groups in total. The van der Waals surface area contributed by atoms with Crippen LogP contribution in [0, 0.1) is 0 Å². The number of rotatable bonds is 2. The predicted molar refractivity (Wildman–Crippen MR) is 84.8 cm³/mol. The highest BCUT2D eigenvalue weighted by molar-refractivity contribution is 9.10. The SMILES string of the molecule is Brc1ccc2ccccc2c1/C=C/c1ccncc1. The van der Waals surface area contributed by atoms with Gasteiger partial charge in [0.1, 0.15) is 0 Å². The number of nitrogens with zero attached hydrogens (tertiary/aromatic N) is 1. The van der Waals surface area contributed by atoms with E-state index in [1.165, 1.54) is 16.3 Å². The van der Waals surface area contributed by atoms with Gasteiger partial charge in [-0.25, -0.2) is 0 Å². The quantitative estimate of drug-likeness (QED) is 0.636. The maximum absolute atomic E-state index is 4.02. The molecule has 0 aliphatic heterocycles. The summed E-state index contributed by atoms with van der Waals surface area (Å²) in [4.78, 5) is 4.02. The van der Waals surface area contributed by atoms with Gasteiger partial charge in [0, 0.05) is 16.9 Å². The standard InChI is InChI=1S/C17H12BrN/c18-17-8-6-14-3-1-2-4-15(14)16(17)7-5-13-9-11-19-12-10-13/h1-12H/b7-5+. The van der Waals surface area contributed by atoms with Crippen molar-refractivity contribution in [2.45, 2.75) is 0 Å². The van der Waals surface area contributed by atoms with Gasteiger partial charge in [0.25, 0.3) is 0 Å². The summed E-state index contributed by atoms with van der Waals surface area (Å²) in [6.45, 7) is 0. The molecule has 0 amide bonds. The van der Waals surface area contributed by atoms with E-state index in [2.05, 4.69) is 69.5 Å². The van der Waals surface area contributed by atoms with Gasteiger partial charge in [-0.1, -0.05) is 58.4 Å². The number of hydrogen-bond donors (Lipinski definition) is 0. The van der Waals surface area contributed by atoms with Gasteiger partial charge in [-0.05, 0) is 40.1 Å². The van der Waals surface area contributed by atoms with Crippen molar-refractivity contribution in [2.24, 2.45) is 0 Å². The van der Waals surface area contributed by atoms with E-state index in [1.807, 2.05) is 12.1 Å². The normalized spacial score (nSPS) is 11.2. The third-order valence-corrected chi connectivity index (χ3v) is 3.76. The van der Waals surface area contributed by atoms with Crippen LogP contribution in [-0.4, -0.2) is 4.98 Å². The summed E-state index contributed by atoms with van der Waals surface area (Å²) < 4.78 is 1.11. The van der Waals surface area contributed by atoms with Crippen molar-refractivity contribution < 1.29 is 0 Å². The minimum Gasteiger partial charge on any atom is -0.265 e. The summed E-state index contributed by atoms with van der Waals surface area (Å²) in [6.07, 6.45) is 7.85. The smallest absolute Gasteiger partial charge is 0.0273 e. The molecule has 0 bridgehead atoms. The molecule has 1 heterocycles. The average molecular weight is 310 g/mol. The first kappa shape index (κ1) is 12.1. The van der Waals surface area contributed by atoms with Gasteiger partial charge in [0.15, 0.2) is 0 Å². The first-order valence-electron chi connectivity index (χ1n) is 6.10. The number of fused-ring (bicyclic) bond motifs is 1. The molecule has 1 aromatic heterocycles. The lowest BCUT2D eigenvalue weighted by Crippen LogP contribution is -1.81. The molecule has 3 rings (SSSR count). The maximum Gasteiger partial charge on any atom is 0.0273 e. The molecule has 0 saturated heterocycles. The molecule has 0 fully saturated rings. The highest BCUT2D eigenvalue weighted by Gasteiger charge is 2.02. The Kier molecular flexibility index (Phi) is 3.43. The first-order chi connectivity index (χ1) is 9.34. The van der Waals surface area contributed by atoms with E-state index in [0.29, 0.717) is 0 Å². The minimum atomic E-state index is 1.11. The fraction of sp³-hybridized carbons (Fsp3) is 0. The molecular weight excluding hydrogens is 298 g/mol. The number of halogens is 1. The van der Waals surface area contributed by atoms with Gasteiger partial charge in [0.2, 0.25) is 0 Å². The summed E-state index contributed by atoms with van der Waals surface area (Å²) in [5.41, 5.74) is 2.35. The highest BCUT2D eigenvalue weighted by atomic mass is 79.9. The van der Waals surface area contributed by atoms with E-state index in [4.69, 9.17) is 0 Å². The molecule has 0 aliphatic carbocycles. The average Bonchev–Trinajstić information content (AvgIpc) is 2.47. The van der Waals surface area contributed by atoms with E-state index < -0.39 is 0 Å². The van der Waals surface area contributed by atoms with E-state index in [0.717, 1.165) is 10.0 Å². The van der Waals surface area contributed by atoms with Gasteiger partial charge < -0.3 is 0 Å². The summed E-state index contributed by atoms with van der Waals surface area (Å²) in [7, 11) is 0. The predicted octanol–water partition coefficient (Wildman–Crippen LogP) is 5.17. The van der Waals surface area contributed by atoms with Crippen LogP contribution in [0.4, 0.5) is 0 Å². The first-order valence-corrected chi connectivity index (χ1v) is 6.89. The van der Waals surface area contributed by atoms with Crippen LogP contribution in [0.3, 0.4) is 0 Å². The van der Waals surface area contributed by atoms with Crippen molar-refractivity contribution in [2.75, 3.05) is 0 Å². The molecule has 0 aliphatic rings. The zero-order valence-corrected chi connectivity index (χ0v) is 11.8. The second kappa shape index (κ2) is 5.37. The minimum absolute atomic E-state index is 1.11. The zero-order chi connectivity index (χ0) is 13.1. The Hall–Kier alpha value is -1.93. The monoisotopic (exact) mass is 309 g/mol. The van der Waals surface area contributed by atoms with Crippen LogP contribution in [0.5, 0.6) is 0 Å². The van der Waals surface area contributed by atoms with Gasteiger partial charge in [-0.15, -0.1) is 0 Å². The molecule has 92 valence electrons. The van der Waals surface area contributed by atoms with Crippen LogP contribution in [0.25, 0.3) is 22.9 Å². The molecule has 0 radical (unpaired) electrons. The lowest BCUT2D eigenvalue weighted by atomic mass is 10.0. The maximum atomic E-state index is 4.02. The third-order valence-electron chi connectivity index (χ3n) is 3.07. The Balaban J connectivity index is 2.10. The summed E-state index contributed by atoms with van der Waals surface area (Å²) in [6, 6.07) is 16.6. The molecule has 0 saturated carbocycles. The Morgan fingerprint density at radius 1 is 0.842 bits per heavy atom. The lowest BCUT2D eigenvalue weighted by molar-refractivity contribution is 1.32. The van der Waals surface area contributed by atoms with Crippen molar-refractivity contribution >= 4 is 38.9 Å². The summed E-state index contributed by atoms with van der Waals surface area (Å²) in [5, 5.41) is 2.50. The second-order valence-electron chi connectivity index (χ2n) is 4.30. The van der Waals surface area contributed by atoms with Crippen molar-refractivity contribution in [1.29, 1.82) is 0 Å². The molecule has 0 atom stereocenters. The van der Waals surface area contributed by atoms with Gasteiger partial charge in [0.05, 0.1) is 0 Å². The van der Waals surface area contributed by atoms with Crippen LogP contribution in [0.2, 0.25) is 0 Å². The van der Waals surface area contributed by atoms with Crippen molar-refractivity contribution in [1.82, 2.24) is 4.98 Å². The molecule has 1 nitrogen and oxygen atoms in total. The van der Waals surface area contributed by atoms with Gasteiger partial charge in [-0.2, -0.15) is 0 Å². The Bertz CT molecular complexity index is 733. The van der Waals surface area contributed by atoms with Gasteiger partial charge in [-0.3, -0.25) is 4.98 Å². The topological polar surface area (TPSA) is 12.9 Å². The highest BCUT2D eigenvalue weighted by Crippen LogP contribution is 2.28. The summed E-state index contributed by atoms with van der Waals surface area (Å²) in [5.74, 6) is 0. The van der Waals surface area contributed by atoms with E-state index in [9.17, 15) is 0 Å². The molecule has 0 spiro atoms. The molecule has 3 aromatic rings. The zero-order valence-electron chi connectivity index (χ0n) is 10.3. The summed E-state index contributed by atoms with van der Waals surface area (Å²) >= 11 is 3.63. The molecular formula is C17H12BrN. The Morgan fingerprint density at radius 2 is 1.63 bits per heavy atom. The van der Waals surface area contributed by atoms with Crippen molar-refractivity contribution in [3.8, 4) is 0 Å². The number of benzene rings is 2. The van der Waals surface area contributed by atoms with E-state index in [-0.39, 0.29) is 0 Å². The van der Waals surface area contributed by atoms with Crippen LogP contribution in [0.15, 0.2) is 65.4 Å². The van der Waals surface area contributed by atoms with Crippen molar-refractivity contribution in [3.63, 3.8) is 0 Å². The van der Waals surface area contributed by atoms with Crippen molar-refractivity contribution in [3.05, 3.63) is 76.5 Å². The van der Waals surface area contributed by atoms with Crippen LogP contribution < -0.4 is 0 Å². The largest absolute Gasteiger partial charge is 0.265 e. The number of aromatic nitrogens is 1. The Labute approximate surface area is 120 Å². The molecule has 19 heavy (non-hydrogen) atoms. The van der Waals surface area contributed by atoms with Crippen LogP contribution in [0.1, 0.15) is 11.1 Å². The van der Waals surface area contributed by atoms with Gasteiger partial charge >= 0.3 is 0 Å². The second-order valence-corrected chi connectivity index (χ2v) is 5.15. The van der Waals surface area contributed by atoms with E-state index in [1.54, 1.807) is 12.4 Å².